The van der Waals surface area contributed by atoms with E-state index in [0.29, 0.717) is 5.13 Å². The van der Waals surface area contributed by atoms with Gasteiger partial charge in [0, 0.05) is 0 Å². The van der Waals surface area contributed by atoms with E-state index in [9.17, 15) is 4.79 Å². The zero-order chi connectivity index (χ0) is 13.2. The van der Waals surface area contributed by atoms with Crippen molar-refractivity contribution in [2.24, 2.45) is 0 Å². The number of hydrogen-bond donors (Lipinski definition) is 2. The predicted molar refractivity (Wildman–Crippen MR) is 85.9 cm³/mol. The molecular weight excluding hydrogens is 294 g/mol. The molecule has 3 rings (SSSR count). The van der Waals surface area contributed by atoms with E-state index in [1.165, 1.54) is 16.9 Å². The highest BCUT2D eigenvalue weighted by Gasteiger charge is 2.21. The number of hydrogen-bond acceptors (Lipinski definition) is 4. The summed E-state index contributed by atoms with van der Waals surface area (Å²) in [6.07, 6.45) is 3.18. The molecule has 0 saturated carbocycles. The number of thiazole rings is 1. The van der Waals surface area contributed by atoms with Gasteiger partial charge in [-0.25, -0.2) is 4.98 Å². The number of fused-ring (bicyclic) bond motifs is 1. The van der Waals surface area contributed by atoms with Crippen molar-refractivity contribution in [3.8, 4) is 0 Å². The molecule has 1 aromatic heterocycles. The number of amides is 1. The molecule has 0 aliphatic carbocycles. The fraction of sp³-hybridized carbons (Fsp3) is 0.429. The molecule has 1 aliphatic heterocycles. The van der Waals surface area contributed by atoms with Crippen molar-refractivity contribution in [2.45, 2.75) is 32.2 Å². The van der Waals surface area contributed by atoms with Crippen molar-refractivity contribution in [1.82, 2.24) is 10.3 Å². The Hall–Kier alpha value is -1.17. The van der Waals surface area contributed by atoms with E-state index < -0.39 is 0 Å². The molecule has 6 heteroatoms. The van der Waals surface area contributed by atoms with Crippen molar-refractivity contribution < 1.29 is 4.79 Å². The number of nitrogens with zero attached hydrogens (tertiary/aromatic N) is 1. The highest BCUT2D eigenvalue weighted by Crippen LogP contribution is 2.26. The maximum Gasteiger partial charge on any atom is 0.243 e. The summed E-state index contributed by atoms with van der Waals surface area (Å²) in [5.41, 5.74) is 2.16. The molecule has 1 aliphatic rings. The molecule has 1 atom stereocenters. The van der Waals surface area contributed by atoms with E-state index in [1.807, 2.05) is 12.1 Å². The Morgan fingerprint density at radius 1 is 1.45 bits per heavy atom. The number of aromatic nitrogens is 1. The molecule has 1 amide bonds. The van der Waals surface area contributed by atoms with E-state index in [4.69, 9.17) is 0 Å². The second-order valence-corrected chi connectivity index (χ2v) is 6.01. The molecule has 0 radical (unpaired) electrons. The lowest BCUT2D eigenvalue weighted by Gasteiger charge is -2.21. The Kier molecular flexibility index (Phi) is 4.96. The standard InChI is InChI=1S/C14H17N3OS.ClH/c1-9-5-6-10-12(8-9)19-14(16-10)17-13(18)11-4-2-3-7-15-11;/h5-6,8,11,15H,2-4,7H2,1H3,(H,16,17,18);1H/t11-;/m0./s1. The van der Waals surface area contributed by atoms with Crippen LogP contribution in [0.2, 0.25) is 0 Å². The first kappa shape index (κ1) is 15.2. The molecule has 2 N–H and O–H groups in total. The van der Waals surface area contributed by atoms with Gasteiger partial charge in [0.15, 0.2) is 5.13 Å². The zero-order valence-corrected chi connectivity index (χ0v) is 12.9. The average Bonchev–Trinajstić information content (AvgIpc) is 2.81. The second-order valence-electron chi connectivity index (χ2n) is 4.98. The number of benzene rings is 1. The van der Waals surface area contributed by atoms with E-state index in [2.05, 4.69) is 28.6 Å². The van der Waals surface area contributed by atoms with Gasteiger partial charge in [0.25, 0.3) is 0 Å². The van der Waals surface area contributed by atoms with E-state index in [-0.39, 0.29) is 24.4 Å². The van der Waals surface area contributed by atoms with E-state index in [1.54, 1.807) is 0 Å². The molecular formula is C14H18ClN3OS. The number of halogens is 1. The van der Waals surface area contributed by atoms with Crippen LogP contribution in [0.1, 0.15) is 24.8 Å². The van der Waals surface area contributed by atoms with E-state index >= 15 is 0 Å². The number of rotatable bonds is 2. The highest BCUT2D eigenvalue weighted by atomic mass is 35.5. The smallest absolute Gasteiger partial charge is 0.243 e. The number of carbonyl (C=O) groups excluding carboxylic acids is 1. The van der Waals surface area contributed by atoms with Crippen molar-refractivity contribution in [2.75, 3.05) is 11.9 Å². The molecule has 0 spiro atoms. The fourth-order valence-electron chi connectivity index (χ4n) is 2.35. The Bertz CT molecular complexity index is 607. The van der Waals surface area contributed by atoms with Crippen LogP contribution in [0.3, 0.4) is 0 Å². The molecule has 1 aromatic carbocycles. The second kappa shape index (κ2) is 6.52. The van der Waals surface area contributed by atoms with Crippen LogP contribution in [0.15, 0.2) is 18.2 Å². The molecule has 0 unspecified atom stereocenters. The lowest BCUT2D eigenvalue weighted by atomic mass is 10.0. The van der Waals surface area contributed by atoms with Crippen LogP contribution in [0.4, 0.5) is 5.13 Å². The maximum absolute atomic E-state index is 12.1. The number of nitrogens with one attached hydrogen (secondary N) is 2. The predicted octanol–water partition coefficient (Wildman–Crippen LogP) is 3.11. The summed E-state index contributed by atoms with van der Waals surface area (Å²) in [6, 6.07) is 6.07. The van der Waals surface area contributed by atoms with Gasteiger partial charge in [0.05, 0.1) is 16.3 Å². The Labute approximate surface area is 128 Å². The van der Waals surface area contributed by atoms with Gasteiger partial charge >= 0.3 is 0 Å². The summed E-state index contributed by atoms with van der Waals surface area (Å²) in [4.78, 5) is 16.6. The third kappa shape index (κ3) is 3.29. The lowest BCUT2D eigenvalue weighted by molar-refractivity contribution is -0.118. The minimum absolute atomic E-state index is 0. The van der Waals surface area contributed by atoms with Crippen molar-refractivity contribution >= 4 is 45.0 Å². The summed E-state index contributed by atoms with van der Waals surface area (Å²) >= 11 is 1.53. The summed E-state index contributed by atoms with van der Waals surface area (Å²) in [5.74, 6) is 0.0375. The highest BCUT2D eigenvalue weighted by molar-refractivity contribution is 7.22. The summed E-state index contributed by atoms with van der Waals surface area (Å²) in [7, 11) is 0. The molecule has 108 valence electrons. The number of aryl methyl sites for hydroxylation is 1. The molecule has 4 nitrogen and oxygen atoms in total. The first-order valence-electron chi connectivity index (χ1n) is 6.64. The van der Waals surface area contributed by atoms with E-state index in [0.717, 1.165) is 36.0 Å². The van der Waals surface area contributed by atoms with Crippen LogP contribution in [0.25, 0.3) is 10.2 Å². The van der Waals surface area contributed by atoms with Crippen LogP contribution >= 0.6 is 23.7 Å². The van der Waals surface area contributed by atoms with Crippen molar-refractivity contribution in [1.29, 1.82) is 0 Å². The van der Waals surface area contributed by atoms with Crippen LogP contribution in [0.5, 0.6) is 0 Å². The normalized spacial score (nSPS) is 18.6. The summed E-state index contributed by atoms with van der Waals surface area (Å²) in [6.45, 7) is 2.99. The number of carbonyl (C=O) groups is 1. The Morgan fingerprint density at radius 2 is 2.30 bits per heavy atom. The molecule has 1 saturated heterocycles. The van der Waals surface area contributed by atoms with Crippen LogP contribution in [0, 0.1) is 6.92 Å². The number of anilines is 1. The van der Waals surface area contributed by atoms with Crippen LogP contribution < -0.4 is 10.6 Å². The first-order valence-corrected chi connectivity index (χ1v) is 7.45. The van der Waals surface area contributed by atoms with Gasteiger partial charge in [-0.15, -0.1) is 12.4 Å². The number of piperidine rings is 1. The van der Waals surface area contributed by atoms with Gasteiger partial charge in [-0.2, -0.15) is 0 Å². The van der Waals surface area contributed by atoms with Gasteiger partial charge < -0.3 is 10.6 Å². The fourth-order valence-corrected chi connectivity index (χ4v) is 3.32. The minimum Gasteiger partial charge on any atom is -0.306 e. The van der Waals surface area contributed by atoms with Gasteiger partial charge in [-0.3, -0.25) is 4.79 Å². The van der Waals surface area contributed by atoms with Gasteiger partial charge in [0.1, 0.15) is 0 Å². The van der Waals surface area contributed by atoms with Crippen LogP contribution in [-0.4, -0.2) is 23.5 Å². The molecule has 2 heterocycles. The summed E-state index contributed by atoms with van der Waals surface area (Å²) < 4.78 is 1.12. The first-order chi connectivity index (χ1) is 9.22. The maximum atomic E-state index is 12.1. The zero-order valence-electron chi connectivity index (χ0n) is 11.3. The van der Waals surface area contributed by atoms with Gasteiger partial charge in [-0.05, 0) is 44.0 Å². The largest absolute Gasteiger partial charge is 0.306 e. The van der Waals surface area contributed by atoms with Crippen LogP contribution in [-0.2, 0) is 4.79 Å². The third-order valence-corrected chi connectivity index (χ3v) is 4.33. The van der Waals surface area contributed by atoms with Gasteiger partial charge in [0.2, 0.25) is 5.91 Å². The Morgan fingerprint density at radius 3 is 3.05 bits per heavy atom. The molecule has 0 bridgehead atoms. The molecule has 2 aromatic rings. The minimum atomic E-state index is -0.0671. The topological polar surface area (TPSA) is 54.0 Å². The third-order valence-electron chi connectivity index (χ3n) is 3.40. The quantitative estimate of drug-likeness (QED) is 0.896. The SMILES string of the molecule is Cc1ccc2nc(NC(=O)[C@@H]3CCCCN3)sc2c1.Cl. The lowest BCUT2D eigenvalue weighted by Crippen LogP contribution is -2.43. The molecule has 20 heavy (non-hydrogen) atoms. The Balaban J connectivity index is 0.00000147. The monoisotopic (exact) mass is 311 g/mol. The summed E-state index contributed by atoms with van der Waals surface area (Å²) in [5, 5.41) is 6.87. The van der Waals surface area contributed by atoms with Gasteiger partial charge in [-0.1, -0.05) is 23.8 Å². The molecule has 1 fully saturated rings. The van der Waals surface area contributed by atoms with Crippen molar-refractivity contribution in [3.05, 3.63) is 23.8 Å². The van der Waals surface area contributed by atoms with Crippen molar-refractivity contribution in [3.63, 3.8) is 0 Å². The average molecular weight is 312 g/mol.